The first-order valence-electron chi connectivity index (χ1n) is 13.0. The van der Waals surface area contributed by atoms with Gasteiger partial charge < -0.3 is 15.2 Å². The highest BCUT2D eigenvalue weighted by Gasteiger charge is 2.37. The van der Waals surface area contributed by atoms with Gasteiger partial charge in [-0.15, -0.1) is 0 Å². The Morgan fingerprint density at radius 3 is 2.11 bits per heavy atom. The van der Waals surface area contributed by atoms with Gasteiger partial charge in [-0.3, -0.25) is 0 Å². The quantitative estimate of drug-likeness (QED) is 0.325. The maximum atomic E-state index is 11.3. The molecule has 3 aromatic carbocycles. The van der Waals surface area contributed by atoms with E-state index in [2.05, 4.69) is 77.2 Å². The molecule has 1 aliphatic carbocycles. The molecule has 0 spiro atoms. The van der Waals surface area contributed by atoms with E-state index in [4.69, 9.17) is 4.74 Å². The highest BCUT2D eigenvalue weighted by Crippen LogP contribution is 2.47. The molecule has 0 bridgehead atoms. The Morgan fingerprint density at radius 2 is 1.47 bits per heavy atom. The summed E-state index contributed by atoms with van der Waals surface area (Å²) in [6.07, 6.45) is 2.35. The Balaban J connectivity index is 1.77. The van der Waals surface area contributed by atoms with Crippen molar-refractivity contribution in [2.24, 2.45) is 0 Å². The van der Waals surface area contributed by atoms with Crippen molar-refractivity contribution >= 4 is 5.97 Å². The second-order valence-corrected chi connectivity index (χ2v) is 11.6. The molecule has 0 aromatic heterocycles. The van der Waals surface area contributed by atoms with Crippen molar-refractivity contribution in [1.82, 2.24) is 5.32 Å². The normalized spacial score (nSPS) is 16.0. The van der Waals surface area contributed by atoms with Gasteiger partial charge in [-0.2, -0.15) is 0 Å². The van der Waals surface area contributed by atoms with Gasteiger partial charge in [0.15, 0.2) is 0 Å². The lowest BCUT2D eigenvalue weighted by molar-refractivity contribution is 0.0697. The maximum Gasteiger partial charge on any atom is 0.335 e. The summed E-state index contributed by atoms with van der Waals surface area (Å²) in [4.78, 5) is 11.3. The highest BCUT2D eigenvalue weighted by atomic mass is 16.5. The van der Waals surface area contributed by atoms with Crippen LogP contribution in [0.4, 0.5) is 0 Å². The van der Waals surface area contributed by atoms with E-state index in [-0.39, 0.29) is 16.4 Å². The first-order valence-corrected chi connectivity index (χ1v) is 13.0. The van der Waals surface area contributed by atoms with E-state index in [0.717, 1.165) is 41.0 Å². The lowest BCUT2D eigenvalue weighted by atomic mass is 9.63. The van der Waals surface area contributed by atoms with Gasteiger partial charge in [0.05, 0.1) is 5.56 Å². The van der Waals surface area contributed by atoms with Gasteiger partial charge in [0.25, 0.3) is 0 Å². The van der Waals surface area contributed by atoms with Crippen LogP contribution in [-0.4, -0.2) is 30.3 Å². The van der Waals surface area contributed by atoms with Gasteiger partial charge in [-0.25, -0.2) is 4.79 Å². The third kappa shape index (κ3) is 5.49. The molecule has 36 heavy (non-hydrogen) atoms. The predicted octanol–water partition coefficient (Wildman–Crippen LogP) is 7.44. The topological polar surface area (TPSA) is 58.6 Å². The van der Waals surface area contributed by atoms with Crippen LogP contribution in [0.5, 0.6) is 5.75 Å². The lowest BCUT2D eigenvalue weighted by Gasteiger charge is -2.42. The summed E-state index contributed by atoms with van der Waals surface area (Å²) in [6.45, 7) is 15.0. The molecule has 0 aliphatic heterocycles. The molecule has 0 unspecified atom stereocenters. The lowest BCUT2D eigenvalue weighted by Crippen LogP contribution is -2.33. The van der Waals surface area contributed by atoms with E-state index in [0.29, 0.717) is 12.6 Å². The Bertz CT molecular complexity index is 1240. The summed E-state index contributed by atoms with van der Waals surface area (Å²) in [7, 11) is 0. The molecular weight excluding hydrogens is 446 g/mol. The number of nitrogens with one attached hydrogen (secondary N) is 1. The summed E-state index contributed by atoms with van der Waals surface area (Å²) in [5.74, 6) is -0.0557. The van der Waals surface area contributed by atoms with Crippen LogP contribution in [-0.2, 0) is 10.8 Å². The molecule has 0 saturated heterocycles. The smallest absolute Gasteiger partial charge is 0.335 e. The van der Waals surface area contributed by atoms with Gasteiger partial charge in [-0.05, 0) is 75.8 Å². The number of ether oxygens (including phenoxy) is 1. The van der Waals surface area contributed by atoms with Crippen LogP contribution >= 0.6 is 0 Å². The second kappa shape index (κ2) is 10.1. The van der Waals surface area contributed by atoms with E-state index in [1.165, 1.54) is 17.5 Å². The van der Waals surface area contributed by atoms with Crippen molar-refractivity contribution in [2.45, 2.75) is 71.3 Å². The fourth-order valence-electron chi connectivity index (χ4n) is 5.13. The van der Waals surface area contributed by atoms with Crippen molar-refractivity contribution in [3.05, 3.63) is 77.4 Å². The van der Waals surface area contributed by atoms with Crippen molar-refractivity contribution in [3.63, 3.8) is 0 Å². The molecule has 4 nitrogen and oxygen atoms in total. The van der Waals surface area contributed by atoms with Crippen molar-refractivity contribution in [3.8, 4) is 28.0 Å². The fraction of sp³-hybridized carbons (Fsp3) is 0.406. The van der Waals surface area contributed by atoms with Crippen LogP contribution in [0.2, 0.25) is 0 Å². The zero-order valence-electron chi connectivity index (χ0n) is 22.4. The van der Waals surface area contributed by atoms with Crippen LogP contribution in [0.25, 0.3) is 22.3 Å². The molecule has 190 valence electrons. The number of benzene rings is 3. The van der Waals surface area contributed by atoms with Crippen molar-refractivity contribution in [2.75, 3.05) is 13.2 Å². The molecule has 4 heteroatoms. The van der Waals surface area contributed by atoms with Crippen LogP contribution in [0.15, 0.2) is 60.7 Å². The zero-order valence-corrected chi connectivity index (χ0v) is 22.4. The average molecular weight is 486 g/mol. The van der Waals surface area contributed by atoms with E-state index in [1.807, 2.05) is 18.2 Å². The van der Waals surface area contributed by atoms with Gasteiger partial charge in [-0.1, -0.05) is 77.9 Å². The molecule has 1 aliphatic rings. The fourth-order valence-corrected chi connectivity index (χ4v) is 5.13. The molecule has 0 radical (unpaired) electrons. The van der Waals surface area contributed by atoms with E-state index < -0.39 is 5.97 Å². The molecular formula is C32H39NO3. The van der Waals surface area contributed by atoms with Gasteiger partial charge in [0.1, 0.15) is 12.4 Å². The Hall–Kier alpha value is -3.11. The number of carboxylic acid groups (broad SMARTS) is 1. The summed E-state index contributed by atoms with van der Waals surface area (Å²) in [5.41, 5.74) is 7.64. The third-order valence-electron chi connectivity index (χ3n) is 7.52. The summed E-state index contributed by atoms with van der Waals surface area (Å²) in [5, 5.41) is 12.7. The highest BCUT2D eigenvalue weighted by molar-refractivity contribution is 5.88. The molecule has 0 atom stereocenters. The molecule has 0 saturated carbocycles. The number of carbonyl (C=O) groups is 1. The second-order valence-electron chi connectivity index (χ2n) is 11.6. The Kier molecular flexibility index (Phi) is 7.28. The van der Waals surface area contributed by atoms with Crippen LogP contribution < -0.4 is 10.1 Å². The Morgan fingerprint density at radius 1 is 0.861 bits per heavy atom. The zero-order chi connectivity index (χ0) is 26.1. The number of hydrogen-bond donors (Lipinski definition) is 2. The standard InChI is InChI=1S/C32H39NO3/c1-21(2)33-17-18-36-29-14-12-24(22-7-9-23(10-8-22)30(34)35)19-26(29)25-11-13-27-28(20-25)32(5,6)16-15-31(27,3)4/h7-14,19-21,33H,15-18H2,1-6H3,(H,34,35). The van der Waals surface area contributed by atoms with Gasteiger partial charge in [0, 0.05) is 18.2 Å². The minimum Gasteiger partial charge on any atom is -0.492 e. The molecule has 0 amide bonds. The molecule has 3 aromatic rings. The predicted molar refractivity (Wildman–Crippen MR) is 148 cm³/mol. The van der Waals surface area contributed by atoms with Crippen LogP contribution in [0.3, 0.4) is 0 Å². The Labute approximate surface area is 215 Å². The summed E-state index contributed by atoms with van der Waals surface area (Å²) >= 11 is 0. The van der Waals surface area contributed by atoms with E-state index in [9.17, 15) is 9.90 Å². The largest absolute Gasteiger partial charge is 0.492 e. The molecule has 4 rings (SSSR count). The third-order valence-corrected chi connectivity index (χ3v) is 7.52. The number of carboxylic acids is 1. The minimum absolute atomic E-state index is 0.118. The monoisotopic (exact) mass is 485 g/mol. The maximum absolute atomic E-state index is 11.3. The SMILES string of the molecule is CC(C)NCCOc1ccc(-c2ccc(C(=O)O)cc2)cc1-c1ccc2c(c1)C(C)(C)CCC2(C)C. The molecule has 0 fully saturated rings. The van der Waals surface area contributed by atoms with Crippen molar-refractivity contribution < 1.29 is 14.6 Å². The van der Waals surface area contributed by atoms with Gasteiger partial charge >= 0.3 is 5.97 Å². The molecule has 2 N–H and O–H groups in total. The number of fused-ring (bicyclic) bond motifs is 1. The minimum atomic E-state index is -0.916. The summed E-state index contributed by atoms with van der Waals surface area (Å²) in [6, 6.07) is 20.6. The average Bonchev–Trinajstić information content (AvgIpc) is 2.84. The molecule has 0 heterocycles. The van der Waals surface area contributed by atoms with Crippen molar-refractivity contribution in [1.29, 1.82) is 0 Å². The first-order chi connectivity index (χ1) is 17.0. The van der Waals surface area contributed by atoms with Gasteiger partial charge in [0.2, 0.25) is 0 Å². The summed E-state index contributed by atoms with van der Waals surface area (Å²) < 4.78 is 6.28. The first kappa shape index (κ1) is 26.0. The number of rotatable bonds is 8. The van der Waals surface area contributed by atoms with Crippen LogP contribution in [0.1, 0.15) is 75.9 Å². The number of hydrogen-bond acceptors (Lipinski definition) is 3. The van der Waals surface area contributed by atoms with E-state index >= 15 is 0 Å². The van der Waals surface area contributed by atoms with E-state index in [1.54, 1.807) is 12.1 Å². The number of aromatic carboxylic acids is 1. The van der Waals surface area contributed by atoms with Crippen LogP contribution in [0, 0.1) is 0 Å².